The van der Waals surface area contributed by atoms with E-state index in [1.165, 1.54) is 13.0 Å². The van der Waals surface area contributed by atoms with Crippen molar-refractivity contribution in [3.8, 4) is 11.5 Å². The SMILES string of the molecule is CCOc1ccc(Cc2cc(C3OC(COC(C)=O)C(OCc4ccccc4)C(OCc4ccccc4)C3OCc3ccccc3)c(O)cc2Cl)cc1. The van der Waals surface area contributed by atoms with Gasteiger partial charge < -0.3 is 33.5 Å². The van der Waals surface area contributed by atoms with Crippen LogP contribution in [0.25, 0.3) is 0 Å². The molecule has 53 heavy (non-hydrogen) atoms. The molecule has 9 heteroatoms. The summed E-state index contributed by atoms with van der Waals surface area (Å²) in [5, 5.41) is 12.0. The first-order valence-corrected chi connectivity index (χ1v) is 18.2. The fourth-order valence-corrected chi connectivity index (χ4v) is 6.68. The van der Waals surface area contributed by atoms with Gasteiger partial charge in [-0.2, -0.15) is 0 Å². The normalized spacial score (nSPS) is 19.8. The Hall–Kier alpha value is -4.70. The van der Waals surface area contributed by atoms with Gasteiger partial charge in [0.1, 0.15) is 48.6 Å². The lowest BCUT2D eigenvalue weighted by Crippen LogP contribution is -2.58. The molecule has 5 unspecified atom stereocenters. The molecule has 0 amide bonds. The molecule has 1 fully saturated rings. The molecular weight excluding hydrogens is 692 g/mol. The zero-order valence-corrected chi connectivity index (χ0v) is 30.7. The number of hydrogen-bond donors (Lipinski definition) is 1. The molecule has 5 atom stereocenters. The molecule has 0 spiro atoms. The minimum atomic E-state index is -0.868. The lowest BCUT2D eigenvalue weighted by atomic mass is 9.88. The van der Waals surface area contributed by atoms with Gasteiger partial charge in [-0.25, -0.2) is 0 Å². The van der Waals surface area contributed by atoms with Gasteiger partial charge in [0.25, 0.3) is 0 Å². The molecule has 1 heterocycles. The van der Waals surface area contributed by atoms with Gasteiger partial charge in [-0.3, -0.25) is 4.79 Å². The zero-order valence-electron chi connectivity index (χ0n) is 29.9. The summed E-state index contributed by atoms with van der Waals surface area (Å²) in [6.45, 7) is 4.53. The van der Waals surface area contributed by atoms with Crippen LogP contribution >= 0.6 is 11.6 Å². The van der Waals surface area contributed by atoms with Crippen LogP contribution in [0.1, 0.15) is 53.3 Å². The quantitative estimate of drug-likeness (QED) is 0.101. The maximum atomic E-state index is 12.2. The lowest BCUT2D eigenvalue weighted by molar-refractivity contribution is -0.273. The number of esters is 1. The highest BCUT2D eigenvalue weighted by molar-refractivity contribution is 6.31. The van der Waals surface area contributed by atoms with Crippen molar-refractivity contribution >= 4 is 17.6 Å². The van der Waals surface area contributed by atoms with Crippen LogP contribution in [-0.2, 0) is 54.7 Å². The minimum absolute atomic E-state index is 0.0551. The van der Waals surface area contributed by atoms with E-state index in [4.69, 9.17) is 40.0 Å². The number of benzene rings is 5. The Kier molecular flexibility index (Phi) is 13.5. The minimum Gasteiger partial charge on any atom is -0.508 e. The molecule has 1 aliphatic heterocycles. The second kappa shape index (κ2) is 18.9. The number of phenolic OH excluding ortho intramolecular Hbond substituents is 1. The molecule has 8 nitrogen and oxygen atoms in total. The van der Waals surface area contributed by atoms with Crippen LogP contribution in [0, 0.1) is 0 Å². The summed E-state index contributed by atoms with van der Waals surface area (Å²) in [5.41, 5.74) is 5.14. The Morgan fingerprint density at radius 2 is 1.23 bits per heavy atom. The van der Waals surface area contributed by atoms with E-state index in [0.717, 1.165) is 33.6 Å². The molecule has 276 valence electrons. The Morgan fingerprint density at radius 3 is 1.75 bits per heavy atom. The van der Waals surface area contributed by atoms with Gasteiger partial charge in [-0.1, -0.05) is 115 Å². The Bertz CT molecular complexity index is 1870. The summed E-state index contributed by atoms with van der Waals surface area (Å²) in [4.78, 5) is 12.2. The van der Waals surface area contributed by atoms with E-state index in [0.29, 0.717) is 23.6 Å². The molecular formula is C44H45ClO8. The highest BCUT2D eigenvalue weighted by Gasteiger charge is 2.50. The molecule has 5 aromatic carbocycles. The van der Waals surface area contributed by atoms with Crippen LogP contribution in [0.2, 0.25) is 5.02 Å². The van der Waals surface area contributed by atoms with Crippen molar-refractivity contribution in [2.24, 2.45) is 0 Å². The summed E-state index contributed by atoms with van der Waals surface area (Å²) in [6.07, 6.45) is -3.39. The number of halogens is 1. The largest absolute Gasteiger partial charge is 0.508 e. The maximum Gasteiger partial charge on any atom is 0.302 e. The van der Waals surface area contributed by atoms with Crippen LogP contribution < -0.4 is 4.74 Å². The molecule has 0 aromatic heterocycles. The van der Waals surface area contributed by atoms with E-state index >= 15 is 0 Å². The number of carbonyl (C=O) groups excluding carboxylic acids is 1. The molecule has 6 rings (SSSR count). The van der Waals surface area contributed by atoms with Gasteiger partial charge in [-0.15, -0.1) is 0 Å². The molecule has 0 radical (unpaired) electrons. The Balaban J connectivity index is 1.40. The van der Waals surface area contributed by atoms with Gasteiger partial charge in [0.2, 0.25) is 0 Å². The third-order valence-corrected chi connectivity index (χ3v) is 9.42. The van der Waals surface area contributed by atoms with Gasteiger partial charge in [0.05, 0.1) is 26.4 Å². The summed E-state index contributed by atoms with van der Waals surface area (Å²) in [7, 11) is 0. The fourth-order valence-electron chi connectivity index (χ4n) is 6.45. The Morgan fingerprint density at radius 1 is 0.698 bits per heavy atom. The predicted molar refractivity (Wildman–Crippen MR) is 203 cm³/mol. The van der Waals surface area contributed by atoms with Crippen LogP contribution in [0.3, 0.4) is 0 Å². The summed E-state index contributed by atoms with van der Waals surface area (Å²) in [5.74, 6) is 0.274. The molecule has 5 aromatic rings. The van der Waals surface area contributed by atoms with E-state index < -0.39 is 36.5 Å². The number of phenols is 1. The van der Waals surface area contributed by atoms with Gasteiger partial charge in [-0.05, 0) is 65.4 Å². The van der Waals surface area contributed by atoms with Crippen molar-refractivity contribution in [1.82, 2.24) is 0 Å². The van der Waals surface area contributed by atoms with Crippen LogP contribution in [0.15, 0.2) is 127 Å². The number of carbonyl (C=O) groups is 1. The molecule has 0 bridgehead atoms. The summed E-state index contributed by atoms with van der Waals surface area (Å²) in [6, 6.07) is 40.7. The molecule has 0 aliphatic carbocycles. The first kappa shape index (κ1) is 38.0. The molecule has 0 saturated carbocycles. The van der Waals surface area contributed by atoms with Crippen molar-refractivity contribution in [3.05, 3.63) is 166 Å². The van der Waals surface area contributed by atoms with Gasteiger partial charge >= 0.3 is 5.97 Å². The average molecular weight is 737 g/mol. The summed E-state index contributed by atoms with van der Waals surface area (Å²) >= 11 is 6.77. The van der Waals surface area contributed by atoms with Crippen LogP contribution in [-0.4, -0.2) is 48.7 Å². The average Bonchev–Trinajstić information content (AvgIpc) is 3.18. The van der Waals surface area contributed by atoms with Gasteiger partial charge in [0.15, 0.2) is 0 Å². The van der Waals surface area contributed by atoms with Crippen molar-refractivity contribution < 1.29 is 38.3 Å². The number of hydrogen-bond acceptors (Lipinski definition) is 8. The van der Waals surface area contributed by atoms with Crippen molar-refractivity contribution in [3.63, 3.8) is 0 Å². The lowest BCUT2D eigenvalue weighted by Gasteiger charge is -2.46. The van der Waals surface area contributed by atoms with E-state index in [-0.39, 0.29) is 32.2 Å². The van der Waals surface area contributed by atoms with E-state index in [2.05, 4.69) is 0 Å². The van der Waals surface area contributed by atoms with Crippen molar-refractivity contribution in [1.29, 1.82) is 0 Å². The number of ether oxygens (including phenoxy) is 6. The van der Waals surface area contributed by atoms with Crippen LogP contribution in [0.5, 0.6) is 11.5 Å². The number of aromatic hydroxyl groups is 1. The standard InChI is InChI=1S/C44H45ClO8/c1-3-48-36-21-19-31(20-22-36)23-35-24-37(39(47)25-38(35)45)41-43(51-27-33-15-9-5-10-16-33)44(52-28-34-17-11-6-12-18-34)42(40(53-41)29-49-30(2)46)50-26-32-13-7-4-8-14-32/h4-22,24-25,40-44,47H,3,23,26-29H2,1-2H3. The van der Waals surface area contributed by atoms with E-state index in [1.807, 2.05) is 128 Å². The zero-order chi connectivity index (χ0) is 37.0. The first-order chi connectivity index (χ1) is 25.9. The summed E-state index contributed by atoms with van der Waals surface area (Å²) < 4.78 is 38.3. The monoisotopic (exact) mass is 736 g/mol. The first-order valence-electron chi connectivity index (χ1n) is 17.9. The molecule has 1 aliphatic rings. The predicted octanol–water partition coefficient (Wildman–Crippen LogP) is 8.79. The van der Waals surface area contributed by atoms with E-state index in [1.54, 1.807) is 0 Å². The second-order valence-electron chi connectivity index (χ2n) is 12.9. The highest BCUT2D eigenvalue weighted by atomic mass is 35.5. The maximum absolute atomic E-state index is 12.2. The molecule has 1 saturated heterocycles. The van der Waals surface area contributed by atoms with E-state index in [9.17, 15) is 9.90 Å². The fraction of sp³-hybridized carbons (Fsp3) is 0.295. The van der Waals surface area contributed by atoms with Gasteiger partial charge in [0, 0.05) is 17.5 Å². The van der Waals surface area contributed by atoms with Crippen LogP contribution in [0.4, 0.5) is 0 Å². The number of rotatable bonds is 16. The Labute approximate surface area is 316 Å². The smallest absolute Gasteiger partial charge is 0.302 e. The topological polar surface area (TPSA) is 92.7 Å². The highest BCUT2D eigenvalue weighted by Crippen LogP contribution is 2.43. The second-order valence-corrected chi connectivity index (χ2v) is 13.3. The third-order valence-electron chi connectivity index (χ3n) is 9.07. The third kappa shape index (κ3) is 10.5. The van der Waals surface area contributed by atoms with Crippen molar-refractivity contribution in [2.45, 2.75) is 70.6 Å². The van der Waals surface area contributed by atoms with Crippen molar-refractivity contribution in [2.75, 3.05) is 13.2 Å². The molecule has 1 N–H and O–H groups in total.